The van der Waals surface area contributed by atoms with Crippen molar-refractivity contribution in [3.8, 4) is 0 Å². The zero-order valence-electron chi connectivity index (χ0n) is 14.5. The first kappa shape index (κ1) is 16.3. The fourth-order valence-electron chi connectivity index (χ4n) is 3.47. The van der Waals surface area contributed by atoms with E-state index >= 15 is 0 Å². The highest BCUT2D eigenvalue weighted by molar-refractivity contribution is 5.68. The van der Waals surface area contributed by atoms with E-state index in [1.165, 1.54) is 16.7 Å². The summed E-state index contributed by atoms with van der Waals surface area (Å²) in [4.78, 5) is 14.0. The van der Waals surface area contributed by atoms with Crippen LogP contribution in [0.4, 0.5) is 4.79 Å². The molecule has 1 aromatic rings. The van der Waals surface area contributed by atoms with Crippen molar-refractivity contribution in [3.63, 3.8) is 0 Å². The number of nitrogens with zero attached hydrogens (tertiary/aromatic N) is 1. The second kappa shape index (κ2) is 6.52. The lowest BCUT2D eigenvalue weighted by atomic mass is 9.86. The summed E-state index contributed by atoms with van der Waals surface area (Å²) in [6.45, 7) is 9.40. The third-order valence-corrected chi connectivity index (χ3v) is 4.73. The Hall–Kier alpha value is -1.55. The van der Waals surface area contributed by atoms with Gasteiger partial charge in [-0.15, -0.1) is 0 Å². The van der Waals surface area contributed by atoms with Crippen LogP contribution in [0.1, 0.15) is 56.2 Å². The minimum atomic E-state index is -0.416. The van der Waals surface area contributed by atoms with Crippen LogP contribution in [0, 0.1) is 0 Å². The predicted octanol–water partition coefficient (Wildman–Crippen LogP) is 3.45. The van der Waals surface area contributed by atoms with Gasteiger partial charge in [-0.05, 0) is 69.2 Å². The molecule has 1 saturated heterocycles. The van der Waals surface area contributed by atoms with Gasteiger partial charge in [0.05, 0.1) is 0 Å². The maximum Gasteiger partial charge on any atom is 0.410 e. The number of hydrogen-bond acceptors (Lipinski definition) is 3. The van der Waals surface area contributed by atoms with E-state index in [0.29, 0.717) is 5.92 Å². The maximum absolute atomic E-state index is 12.1. The highest BCUT2D eigenvalue weighted by Crippen LogP contribution is 2.30. The second-order valence-corrected chi connectivity index (χ2v) is 7.70. The van der Waals surface area contributed by atoms with Gasteiger partial charge in [-0.2, -0.15) is 0 Å². The molecule has 0 aliphatic carbocycles. The van der Waals surface area contributed by atoms with E-state index in [4.69, 9.17) is 4.74 Å². The van der Waals surface area contributed by atoms with Gasteiger partial charge in [0.25, 0.3) is 0 Å². The van der Waals surface area contributed by atoms with Crippen molar-refractivity contribution < 1.29 is 9.53 Å². The number of nitrogens with one attached hydrogen (secondary N) is 1. The smallest absolute Gasteiger partial charge is 0.410 e. The minimum Gasteiger partial charge on any atom is -0.444 e. The van der Waals surface area contributed by atoms with Gasteiger partial charge < -0.3 is 15.0 Å². The van der Waals surface area contributed by atoms with Crippen molar-refractivity contribution in [1.82, 2.24) is 10.2 Å². The first-order chi connectivity index (χ1) is 10.9. The fourth-order valence-corrected chi connectivity index (χ4v) is 3.47. The Balaban J connectivity index is 1.60. The highest BCUT2D eigenvalue weighted by Gasteiger charge is 2.27. The molecule has 2 heterocycles. The molecule has 0 radical (unpaired) electrons. The SMILES string of the molecule is CC(C)(C)OC(=O)N1CCC(c2ccc3c(c2)CCNC3)CC1. The molecule has 2 aliphatic rings. The standard InChI is InChI=1S/C19H28N2O2/c1-19(2,3)23-18(22)21-10-7-14(8-11-21)15-4-5-17-13-20-9-6-16(17)12-15/h4-5,12,14,20H,6-11,13H2,1-3H3. The summed E-state index contributed by atoms with van der Waals surface area (Å²) in [6.07, 6.45) is 3.00. The molecule has 126 valence electrons. The Morgan fingerprint density at radius 1 is 1.22 bits per heavy atom. The van der Waals surface area contributed by atoms with E-state index in [1.54, 1.807) is 0 Å². The number of benzene rings is 1. The molecule has 4 nitrogen and oxygen atoms in total. The van der Waals surface area contributed by atoms with E-state index in [-0.39, 0.29) is 6.09 Å². The zero-order valence-corrected chi connectivity index (χ0v) is 14.5. The first-order valence-electron chi connectivity index (χ1n) is 8.73. The van der Waals surface area contributed by atoms with E-state index in [2.05, 4.69) is 23.5 Å². The number of carbonyl (C=O) groups is 1. The molecule has 0 bridgehead atoms. The van der Waals surface area contributed by atoms with Crippen LogP contribution in [-0.4, -0.2) is 36.2 Å². The molecule has 0 saturated carbocycles. The monoisotopic (exact) mass is 316 g/mol. The molecule has 0 aromatic heterocycles. The molecule has 1 N–H and O–H groups in total. The summed E-state index contributed by atoms with van der Waals surface area (Å²) in [6, 6.07) is 6.95. The Morgan fingerprint density at radius 3 is 2.65 bits per heavy atom. The Morgan fingerprint density at radius 2 is 1.96 bits per heavy atom. The lowest BCUT2D eigenvalue weighted by Gasteiger charge is -2.34. The molecule has 3 rings (SSSR count). The zero-order chi connectivity index (χ0) is 16.4. The molecule has 1 fully saturated rings. The van der Waals surface area contributed by atoms with Gasteiger partial charge in [0.15, 0.2) is 0 Å². The Bertz CT molecular complexity index is 569. The summed E-state index contributed by atoms with van der Waals surface area (Å²) in [5.74, 6) is 0.564. The van der Waals surface area contributed by atoms with E-state index in [9.17, 15) is 4.79 Å². The van der Waals surface area contributed by atoms with Crippen molar-refractivity contribution in [3.05, 3.63) is 34.9 Å². The van der Waals surface area contributed by atoms with Crippen molar-refractivity contribution >= 4 is 6.09 Å². The van der Waals surface area contributed by atoms with Gasteiger partial charge >= 0.3 is 6.09 Å². The number of piperidine rings is 1. The van der Waals surface area contributed by atoms with Gasteiger partial charge in [0.1, 0.15) is 5.60 Å². The van der Waals surface area contributed by atoms with Crippen LogP contribution >= 0.6 is 0 Å². The molecule has 2 aliphatic heterocycles. The summed E-state index contributed by atoms with van der Waals surface area (Å²) in [7, 11) is 0. The van der Waals surface area contributed by atoms with Gasteiger partial charge in [0, 0.05) is 19.6 Å². The molecule has 23 heavy (non-hydrogen) atoms. The first-order valence-corrected chi connectivity index (χ1v) is 8.73. The second-order valence-electron chi connectivity index (χ2n) is 7.70. The van der Waals surface area contributed by atoms with Gasteiger partial charge in [0.2, 0.25) is 0 Å². The summed E-state index contributed by atoms with van der Waals surface area (Å²) >= 11 is 0. The molecule has 4 heteroatoms. The van der Waals surface area contributed by atoms with Crippen LogP contribution < -0.4 is 5.32 Å². The number of fused-ring (bicyclic) bond motifs is 1. The van der Waals surface area contributed by atoms with Crippen LogP contribution in [0.3, 0.4) is 0 Å². The van der Waals surface area contributed by atoms with Crippen LogP contribution in [-0.2, 0) is 17.7 Å². The maximum atomic E-state index is 12.1. The Kier molecular flexibility index (Phi) is 4.62. The van der Waals surface area contributed by atoms with Crippen LogP contribution in [0.15, 0.2) is 18.2 Å². The number of likely N-dealkylation sites (tertiary alicyclic amines) is 1. The van der Waals surface area contributed by atoms with Crippen LogP contribution in [0.5, 0.6) is 0 Å². The third kappa shape index (κ3) is 4.05. The van der Waals surface area contributed by atoms with Crippen molar-refractivity contribution in [2.24, 2.45) is 0 Å². The van der Waals surface area contributed by atoms with Gasteiger partial charge in [-0.3, -0.25) is 0 Å². The largest absolute Gasteiger partial charge is 0.444 e. The lowest BCUT2D eigenvalue weighted by Crippen LogP contribution is -2.41. The minimum absolute atomic E-state index is 0.174. The summed E-state index contributed by atoms with van der Waals surface area (Å²) in [5.41, 5.74) is 3.96. The molecule has 0 atom stereocenters. The van der Waals surface area contributed by atoms with Crippen molar-refractivity contribution in [1.29, 1.82) is 0 Å². The number of carbonyl (C=O) groups excluding carboxylic acids is 1. The van der Waals surface area contributed by atoms with Crippen LogP contribution in [0.2, 0.25) is 0 Å². The number of ether oxygens (including phenoxy) is 1. The molecule has 1 amide bonds. The average molecular weight is 316 g/mol. The quantitative estimate of drug-likeness (QED) is 0.863. The lowest BCUT2D eigenvalue weighted by molar-refractivity contribution is 0.0205. The van der Waals surface area contributed by atoms with E-state index in [0.717, 1.165) is 45.4 Å². The number of amides is 1. The normalized spacial score (nSPS) is 19.3. The van der Waals surface area contributed by atoms with Gasteiger partial charge in [-0.1, -0.05) is 18.2 Å². The third-order valence-electron chi connectivity index (χ3n) is 4.73. The fraction of sp³-hybridized carbons (Fsp3) is 0.632. The molecule has 0 unspecified atom stereocenters. The molecule has 0 spiro atoms. The average Bonchev–Trinajstić information content (AvgIpc) is 2.53. The van der Waals surface area contributed by atoms with Crippen molar-refractivity contribution in [2.45, 2.75) is 58.1 Å². The van der Waals surface area contributed by atoms with E-state index < -0.39 is 5.60 Å². The topological polar surface area (TPSA) is 41.6 Å². The molecule has 1 aromatic carbocycles. The Labute approximate surface area is 139 Å². The summed E-state index contributed by atoms with van der Waals surface area (Å²) < 4.78 is 5.47. The van der Waals surface area contributed by atoms with Gasteiger partial charge in [-0.25, -0.2) is 4.79 Å². The van der Waals surface area contributed by atoms with Crippen LogP contribution in [0.25, 0.3) is 0 Å². The molecular weight excluding hydrogens is 288 g/mol. The molecular formula is C19H28N2O2. The highest BCUT2D eigenvalue weighted by atomic mass is 16.6. The number of hydrogen-bond donors (Lipinski definition) is 1. The summed E-state index contributed by atoms with van der Waals surface area (Å²) in [5, 5.41) is 3.42. The predicted molar refractivity (Wildman–Crippen MR) is 91.6 cm³/mol. The number of rotatable bonds is 1. The van der Waals surface area contributed by atoms with Crippen molar-refractivity contribution in [2.75, 3.05) is 19.6 Å². The van der Waals surface area contributed by atoms with E-state index in [1.807, 2.05) is 25.7 Å².